The van der Waals surface area contributed by atoms with Gasteiger partial charge in [-0.05, 0) is 45.4 Å². The van der Waals surface area contributed by atoms with Crippen molar-refractivity contribution in [3.63, 3.8) is 0 Å². The molecule has 27 heavy (non-hydrogen) atoms. The number of hydrogen-bond donors (Lipinski definition) is 3. The number of hydrogen-bond acceptors (Lipinski definition) is 3. The van der Waals surface area contributed by atoms with E-state index in [-0.39, 0.29) is 17.7 Å². The van der Waals surface area contributed by atoms with E-state index in [9.17, 15) is 14.7 Å². The van der Waals surface area contributed by atoms with Crippen molar-refractivity contribution < 1.29 is 14.7 Å². The predicted molar refractivity (Wildman–Crippen MR) is 103 cm³/mol. The molecule has 0 saturated carbocycles. The summed E-state index contributed by atoms with van der Waals surface area (Å²) in [4.78, 5) is 27.4. The number of carbonyl (C=O) groups is 2. The number of para-hydroxylation sites is 1. The van der Waals surface area contributed by atoms with E-state index in [0.29, 0.717) is 0 Å². The van der Waals surface area contributed by atoms with Crippen LogP contribution in [0.4, 0.5) is 0 Å². The minimum atomic E-state index is -1.08. The first-order valence-corrected chi connectivity index (χ1v) is 8.82. The summed E-state index contributed by atoms with van der Waals surface area (Å²) in [5.41, 5.74) is 2.57. The summed E-state index contributed by atoms with van der Waals surface area (Å²) in [6.07, 6.45) is 1.97. The van der Waals surface area contributed by atoms with E-state index < -0.39 is 17.9 Å². The number of H-pyrrole nitrogens is 1. The molecule has 0 saturated heterocycles. The summed E-state index contributed by atoms with van der Waals surface area (Å²) in [7, 11) is 0. The van der Waals surface area contributed by atoms with Gasteiger partial charge in [-0.1, -0.05) is 18.2 Å². The molecular formula is C20H24N4O3. The number of carboxylic acid groups (broad SMARTS) is 1. The van der Waals surface area contributed by atoms with Gasteiger partial charge in [0.25, 0.3) is 5.91 Å². The van der Waals surface area contributed by atoms with Gasteiger partial charge in [-0.3, -0.25) is 9.48 Å². The highest BCUT2D eigenvalue weighted by atomic mass is 16.4. The van der Waals surface area contributed by atoms with Crippen molar-refractivity contribution in [2.24, 2.45) is 0 Å². The number of nitrogens with zero attached hydrogens (tertiary/aromatic N) is 2. The zero-order valence-electron chi connectivity index (χ0n) is 15.9. The second-order valence-corrected chi connectivity index (χ2v) is 7.68. The van der Waals surface area contributed by atoms with Gasteiger partial charge in [0.1, 0.15) is 11.7 Å². The molecule has 0 aliphatic rings. The molecule has 142 valence electrons. The number of rotatable bonds is 5. The summed E-state index contributed by atoms with van der Waals surface area (Å²) in [5, 5.41) is 17.5. The Morgan fingerprint density at radius 3 is 2.63 bits per heavy atom. The normalized spacial score (nSPS) is 12.9. The molecule has 1 atom stereocenters. The van der Waals surface area contributed by atoms with Gasteiger partial charge in [-0.2, -0.15) is 5.10 Å². The van der Waals surface area contributed by atoms with Crippen LogP contribution in [0.1, 0.15) is 42.5 Å². The van der Waals surface area contributed by atoms with E-state index in [1.54, 1.807) is 16.9 Å². The molecule has 1 aromatic carbocycles. The van der Waals surface area contributed by atoms with Crippen LogP contribution in [0.25, 0.3) is 10.9 Å². The SMILES string of the molecule is Cc1cc(C(=O)NC(Cc2c[nH]c3ccccc23)C(=O)O)nn1C(C)(C)C. The van der Waals surface area contributed by atoms with Gasteiger partial charge >= 0.3 is 5.97 Å². The van der Waals surface area contributed by atoms with Crippen molar-refractivity contribution in [1.29, 1.82) is 0 Å². The van der Waals surface area contributed by atoms with Gasteiger partial charge in [0.05, 0.1) is 5.54 Å². The molecule has 2 heterocycles. The smallest absolute Gasteiger partial charge is 0.326 e. The first kappa shape index (κ1) is 18.7. The number of aromatic nitrogens is 3. The van der Waals surface area contributed by atoms with Gasteiger partial charge in [0.15, 0.2) is 0 Å². The molecule has 3 aromatic rings. The minimum Gasteiger partial charge on any atom is -0.480 e. The van der Waals surface area contributed by atoms with Crippen LogP contribution in [0.15, 0.2) is 36.5 Å². The lowest BCUT2D eigenvalue weighted by atomic mass is 10.0. The fourth-order valence-corrected chi connectivity index (χ4v) is 3.22. The van der Waals surface area contributed by atoms with Gasteiger partial charge in [-0.15, -0.1) is 0 Å². The Kier molecular flexibility index (Phi) is 4.78. The van der Waals surface area contributed by atoms with Crippen LogP contribution in [0, 0.1) is 6.92 Å². The molecule has 1 amide bonds. The number of aliphatic carboxylic acids is 1. The third-order valence-electron chi connectivity index (χ3n) is 4.46. The Morgan fingerprint density at radius 1 is 1.30 bits per heavy atom. The van der Waals surface area contributed by atoms with Crippen LogP contribution in [0.2, 0.25) is 0 Å². The van der Waals surface area contributed by atoms with E-state index in [0.717, 1.165) is 22.2 Å². The highest BCUT2D eigenvalue weighted by molar-refractivity contribution is 5.95. The van der Waals surface area contributed by atoms with Crippen LogP contribution in [-0.2, 0) is 16.8 Å². The topological polar surface area (TPSA) is 100 Å². The lowest BCUT2D eigenvalue weighted by molar-refractivity contribution is -0.139. The minimum absolute atomic E-state index is 0.185. The Bertz CT molecular complexity index is 994. The van der Waals surface area contributed by atoms with Crippen LogP contribution in [0.3, 0.4) is 0 Å². The molecule has 1 unspecified atom stereocenters. The number of fused-ring (bicyclic) bond motifs is 1. The average molecular weight is 368 g/mol. The molecule has 0 bridgehead atoms. The quantitative estimate of drug-likeness (QED) is 0.645. The summed E-state index contributed by atoms with van der Waals surface area (Å²) < 4.78 is 1.76. The molecule has 0 fully saturated rings. The van der Waals surface area contributed by atoms with Crippen LogP contribution < -0.4 is 5.32 Å². The standard InChI is InChI=1S/C20H24N4O3/c1-12-9-16(23-24(12)20(2,3)4)18(25)22-17(19(26)27)10-13-11-21-15-8-6-5-7-14(13)15/h5-9,11,17,21H,10H2,1-4H3,(H,22,25)(H,26,27). The Morgan fingerprint density at radius 2 is 2.00 bits per heavy atom. The molecule has 2 aromatic heterocycles. The molecule has 7 heteroatoms. The first-order valence-electron chi connectivity index (χ1n) is 8.82. The maximum Gasteiger partial charge on any atom is 0.326 e. The number of benzene rings is 1. The van der Waals surface area contributed by atoms with Crippen molar-refractivity contribution in [2.45, 2.75) is 45.7 Å². The Hall–Kier alpha value is -3.09. The number of nitrogens with one attached hydrogen (secondary N) is 2. The maximum atomic E-state index is 12.6. The van der Waals surface area contributed by atoms with Crippen molar-refractivity contribution in [3.05, 3.63) is 53.5 Å². The van der Waals surface area contributed by atoms with Crippen molar-refractivity contribution >= 4 is 22.8 Å². The second-order valence-electron chi connectivity index (χ2n) is 7.68. The van der Waals surface area contributed by atoms with Crippen molar-refractivity contribution in [1.82, 2.24) is 20.1 Å². The summed E-state index contributed by atoms with van der Waals surface area (Å²) in [6, 6.07) is 8.29. The second kappa shape index (κ2) is 6.90. The molecule has 0 radical (unpaired) electrons. The molecule has 0 aliphatic heterocycles. The zero-order chi connectivity index (χ0) is 19.8. The molecular weight excluding hydrogens is 344 g/mol. The third-order valence-corrected chi connectivity index (χ3v) is 4.46. The number of aryl methyl sites for hydroxylation is 1. The zero-order valence-corrected chi connectivity index (χ0v) is 15.9. The fourth-order valence-electron chi connectivity index (χ4n) is 3.22. The van der Waals surface area contributed by atoms with Gasteiger partial charge in [-0.25, -0.2) is 4.79 Å². The maximum absolute atomic E-state index is 12.6. The van der Waals surface area contributed by atoms with Gasteiger partial charge < -0.3 is 15.4 Å². The third kappa shape index (κ3) is 3.86. The average Bonchev–Trinajstić information content (AvgIpc) is 3.18. The van der Waals surface area contributed by atoms with Gasteiger partial charge in [0, 0.05) is 29.2 Å². The molecule has 7 nitrogen and oxygen atoms in total. The number of carbonyl (C=O) groups excluding carboxylic acids is 1. The van der Waals surface area contributed by atoms with E-state index in [4.69, 9.17) is 0 Å². The van der Waals surface area contributed by atoms with Crippen LogP contribution >= 0.6 is 0 Å². The molecule has 3 N–H and O–H groups in total. The molecule has 0 spiro atoms. The predicted octanol–water partition coefficient (Wildman–Crippen LogP) is 2.85. The van der Waals surface area contributed by atoms with Crippen LogP contribution in [0.5, 0.6) is 0 Å². The van der Waals surface area contributed by atoms with E-state index in [2.05, 4.69) is 15.4 Å². The summed E-state index contributed by atoms with van der Waals surface area (Å²) in [6.45, 7) is 7.85. The lowest BCUT2D eigenvalue weighted by Crippen LogP contribution is -2.42. The van der Waals surface area contributed by atoms with Crippen molar-refractivity contribution in [2.75, 3.05) is 0 Å². The highest BCUT2D eigenvalue weighted by Crippen LogP contribution is 2.20. The Labute approximate surface area is 157 Å². The number of amides is 1. The highest BCUT2D eigenvalue weighted by Gasteiger charge is 2.25. The number of aromatic amines is 1. The van der Waals surface area contributed by atoms with Crippen molar-refractivity contribution in [3.8, 4) is 0 Å². The summed E-state index contributed by atoms with van der Waals surface area (Å²) >= 11 is 0. The fraction of sp³-hybridized carbons (Fsp3) is 0.350. The van der Waals surface area contributed by atoms with Crippen LogP contribution in [-0.4, -0.2) is 37.8 Å². The summed E-state index contributed by atoms with van der Waals surface area (Å²) in [5.74, 6) is -1.58. The van der Waals surface area contributed by atoms with Gasteiger partial charge in [0.2, 0.25) is 0 Å². The van der Waals surface area contributed by atoms with E-state index in [1.165, 1.54) is 0 Å². The van der Waals surface area contributed by atoms with E-state index in [1.807, 2.05) is 52.0 Å². The first-order chi connectivity index (χ1) is 12.7. The molecule has 0 aliphatic carbocycles. The Balaban J connectivity index is 1.81. The monoisotopic (exact) mass is 368 g/mol. The largest absolute Gasteiger partial charge is 0.480 e. The number of carboxylic acids is 1. The molecule has 3 rings (SSSR count). The lowest BCUT2D eigenvalue weighted by Gasteiger charge is -2.21. The van der Waals surface area contributed by atoms with E-state index >= 15 is 0 Å².